The Hall–Kier alpha value is -1.45. The molecule has 0 N–H and O–H groups in total. The molecule has 1 aliphatic rings. The van der Waals surface area contributed by atoms with Gasteiger partial charge in [0.1, 0.15) is 11.3 Å². The Kier molecular flexibility index (Phi) is 4.18. The molecule has 3 nitrogen and oxygen atoms in total. The highest BCUT2D eigenvalue weighted by molar-refractivity contribution is 6.49. The highest BCUT2D eigenvalue weighted by Gasteiger charge is 2.35. The van der Waals surface area contributed by atoms with Crippen molar-refractivity contribution in [3.05, 3.63) is 28.8 Å². The van der Waals surface area contributed by atoms with Crippen LogP contribution in [-0.2, 0) is 4.65 Å². The van der Waals surface area contributed by atoms with E-state index in [2.05, 4.69) is 20.8 Å². The molecule has 1 aliphatic heterocycles. The van der Waals surface area contributed by atoms with E-state index in [9.17, 15) is 4.79 Å². The van der Waals surface area contributed by atoms with Gasteiger partial charge in [0.05, 0.1) is 0 Å². The van der Waals surface area contributed by atoms with E-state index in [0.717, 1.165) is 36.0 Å². The fourth-order valence-corrected chi connectivity index (χ4v) is 2.35. The molecule has 0 bridgehead atoms. The number of rotatable bonds is 4. The van der Waals surface area contributed by atoms with Crippen molar-refractivity contribution in [2.75, 3.05) is 0 Å². The van der Waals surface area contributed by atoms with Crippen LogP contribution in [0, 0.1) is 6.92 Å². The molecule has 1 heterocycles. The van der Waals surface area contributed by atoms with Gasteiger partial charge in [0.25, 0.3) is 0 Å². The Balaban J connectivity index is 2.38. The molecule has 0 atom stereocenters. The van der Waals surface area contributed by atoms with Crippen molar-refractivity contribution in [1.82, 2.24) is 0 Å². The standard InChI is InChI=1S/C15H21BO3/c1-5-6-9-16-18-14-12(10(2)3)8-7-11(4)13(14)15(17)19-16/h7-8,10H,5-6,9H2,1-4H3. The van der Waals surface area contributed by atoms with Crippen molar-refractivity contribution >= 4 is 13.1 Å². The van der Waals surface area contributed by atoms with Crippen LogP contribution in [0.1, 0.15) is 61.0 Å². The Bertz CT molecular complexity index is 483. The molecular formula is C15H21BO3. The molecule has 0 radical (unpaired) electrons. The summed E-state index contributed by atoms with van der Waals surface area (Å²) in [6.07, 6.45) is 2.82. The predicted octanol–water partition coefficient (Wildman–Crippen LogP) is 3.96. The minimum absolute atomic E-state index is 0.248. The Labute approximate surface area is 115 Å². The lowest BCUT2D eigenvalue weighted by molar-refractivity contribution is 0.0676. The third kappa shape index (κ3) is 2.77. The van der Waals surface area contributed by atoms with Crippen LogP contribution in [0.5, 0.6) is 5.75 Å². The fourth-order valence-electron chi connectivity index (χ4n) is 2.35. The van der Waals surface area contributed by atoms with Crippen molar-refractivity contribution in [3.8, 4) is 5.75 Å². The molecule has 102 valence electrons. The van der Waals surface area contributed by atoms with Crippen molar-refractivity contribution < 1.29 is 14.1 Å². The Morgan fingerprint density at radius 3 is 2.63 bits per heavy atom. The summed E-state index contributed by atoms with van der Waals surface area (Å²) in [5.74, 6) is 0.807. The highest BCUT2D eigenvalue weighted by Crippen LogP contribution is 2.36. The van der Waals surface area contributed by atoms with Gasteiger partial charge in [0.2, 0.25) is 0 Å². The number of hydrogen-bond donors (Lipinski definition) is 0. The van der Waals surface area contributed by atoms with Crippen LogP contribution in [0.25, 0.3) is 0 Å². The zero-order chi connectivity index (χ0) is 14.0. The zero-order valence-electron chi connectivity index (χ0n) is 12.2. The minimum atomic E-state index is -0.431. The molecular weight excluding hydrogens is 239 g/mol. The largest absolute Gasteiger partial charge is 0.596 e. The summed E-state index contributed by atoms with van der Waals surface area (Å²) in [5.41, 5.74) is 2.59. The molecule has 4 heteroatoms. The van der Waals surface area contributed by atoms with E-state index in [1.165, 1.54) is 0 Å². The van der Waals surface area contributed by atoms with Crippen LogP contribution in [0.4, 0.5) is 0 Å². The molecule has 19 heavy (non-hydrogen) atoms. The van der Waals surface area contributed by atoms with Gasteiger partial charge in [0.15, 0.2) is 0 Å². The Morgan fingerprint density at radius 2 is 2.00 bits per heavy atom. The molecule has 0 amide bonds. The molecule has 0 spiro atoms. The third-order valence-corrected chi connectivity index (χ3v) is 3.50. The van der Waals surface area contributed by atoms with Crippen LogP contribution in [0.15, 0.2) is 12.1 Å². The van der Waals surface area contributed by atoms with Gasteiger partial charge in [-0.25, -0.2) is 4.79 Å². The van der Waals surface area contributed by atoms with E-state index >= 15 is 0 Å². The molecule has 0 aliphatic carbocycles. The SMILES string of the molecule is CCCCB1OC(=O)c2c(C)ccc(C(C)C)c2O1. The van der Waals surface area contributed by atoms with Gasteiger partial charge < -0.3 is 9.31 Å². The molecule has 1 aromatic carbocycles. The number of carbonyl (C=O) groups is 1. The first kappa shape index (κ1) is 14.0. The Morgan fingerprint density at radius 1 is 1.26 bits per heavy atom. The summed E-state index contributed by atoms with van der Waals surface area (Å²) < 4.78 is 11.3. The van der Waals surface area contributed by atoms with E-state index in [-0.39, 0.29) is 5.97 Å². The first-order valence-electron chi connectivity index (χ1n) is 7.05. The van der Waals surface area contributed by atoms with Crippen molar-refractivity contribution in [2.45, 2.75) is 52.8 Å². The summed E-state index contributed by atoms with van der Waals surface area (Å²) in [4.78, 5) is 12.2. The number of fused-ring (bicyclic) bond motifs is 1. The van der Waals surface area contributed by atoms with Gasteiger partial charge >= 0.3 is 13.1 Å². The van der Waals surface area contributed by atoms with Crippen molar-refractivity contribution in [3.63, 3.8) is 0 Å². The smallest absolute Gasteiger partial charge is 0.525 e. The number of carbonyl (C=O) groups excluding carboxylic acids is 1. The summed E-state index contributed by atoms with van der Waals surface area (Å²) in [6, 6.07) is 4.01. The van der Waals surface area contributed by atoms with Crippen LogP contribution < -0.4 is 4.65 Å². The first-order chi connectivity index (χ1) is 9.04. The number of aryl methyl sites for hydroxylation is 1. The van der Waals surface area contributed by atoms with Crippen LogP contribution in [-0.4, -0.2) is 13.1 Å². The van der Waals surface area contributed by atoms with Crippen LogP contribution in [0.3, 0.4) is 0 Å². The minimum Gasteiger partial charge on any atom is -0.525 e. The van der Waals surface area contributed by atoms with Crippen molar-refractivity contribution in [1.29, 1.82) is 0 Å². The number of hydrogen-bond acceptors (Lipinski definition) is 3. The molecule has 0 fully saturated rings. The van der Waals surface area contributed by atoms with Gasteiger partial charge in [0, 0.05) is 6.32 Å². The summed E-state index contributed by atoms with van der Waals surface area (Å²) in [7, 11) is -0.431. The average Bonchev–Trinajstić information content (AvgIpc) is 2.35. The van der Waals surface area contributed by atoms with E-state index in [4.69, 9.17) is 9.31 Å². The second-order valence-electron chi connectivity index (χ2n) is 5.43. The maximum atomic E-state index is 12.2. The average molecular weight is 260 g/mol. The molecule has 0 unspecified atom stereocenters. The number of unbranched alkanes of at least 4 members (excludes halogenated alkanes) is 1. The van der Waals surface area contributed by atoms with Gasteiger partial charge in [-0.15, -0.1) is 0 Å². The third-order valence-electron chi connectivity index (χ3n) is 3.50. The van der Waals surface area contributed by atoms with Gasteiger partial charge in [-0.1, -0.05) is 45.7 Å². The summed E-state index contributed by atoms with van der Waals surface area (Å²) >= 11 is 0. The lowest BCUT2D eigenvalue weighted by atomic mass is 9.79. The molecule has 1 aromatic rings. The highest BCUT2D eigenvalue weighted by atomic mass is 16.6. The normalized spacial score (nSPS) is 14.2. The van der Waals surface area contributed by atoms with E-state index in [1.807, 2.05) is 19.1 Å². The second kappa shape index (κ2) is 5.68. The quantitative estimate of drug-likeness (QED) is 0.769. The summed E-state index contributed by atoms with van der Waals surface area (Å²) in [5, 5.41) is 0. The van der Waals surface area contributed by atoms with E-state index in [0.29, 0.717) is 11.5 Å². The topological polar surface area (TPSA) is 35.5 Å². The monoisotopic (exact) mass is 260 g/mol. The van der Waals surface area contributed by atoms with Crippen molar-refractivity contribution in [2.24, 2.45) is 0 Å². The molecule has 2 rings (SSSR count). The fraction of sp³-hybridized carbons (Fsp3) is 0.533. The lowest BCUT2D eigenvalue weighted by Gasteiger charge is -2.27. The maximum absolute atomic E-state index is 12.2. The van der Waals surface area contributed by atoms with E-state index in [1.54, 1.807) is 0 Å². The molecule has 0 saturated heterocycles. The van der Waals surface area contributed by atoms with Gasteiger partial charge in [-0.05, 0) is 24.0 Å². The second-order valence-corrected chi connectivity index (χ2v) is 5.43. The predicted molar refractivity (Wildman–Crippen MR) is 76.8 cm³/mol. The van der Waals surface area contributed by atoms with Gasteiger partial charge in [-0.2, -0.15) is 0 Å². The van der Waals surface area contributed by atoms with Crippen LogP contribution >= 0.6 is 0 Å². The number of benzene rings is 1. The zero-order valence-corrected chi connectivity index (χ0v) is 12.2. The first-order valence-corrected chi connectivity index (χ1v) is 7.05. The van der Waals surface area contributed by atoms with E-state index < -0.39 is 7.12 Å². The molecule has 0 saturated carbocycles. The lowest BCUT2D eigenvalue weighted by Crippen LogP contribution is -2.35. The summed E-state index contributed by atoms with van der Waals surface area (Å²) in [6.45, 7) is 8.24. The van der Waals surface area contributed by atoms with Crippen LogP contribution in [0.2, 0.25) is 6.32 Å². The van der Waals surface area contributed by atoms with Gasteiger partial charge in [-0.3, -0.25) is 0 Å². The maximum Gasteiger partial charge on any atom is 0.596 e. The molecule has 0 aromatic heterocycles.